The van der Waals surface area contributed by atoms with E-state index in [0.717, 1.165) is 17.1 Å². The molecule has 1 N–H and O–H groups in total. The molecule has 0 aliphatic carbocycles. The van der Waals surface area contributed by atoms with Gasteiger partial charge in [-0.2, -0.15) is 0 Å². The van der Waals surface area contributed by atoms with Crippen LogP contribution in [0.25, 0.3) is 0 Å². The zero-order valence-electron chi connectivity index (χ0n) is 15.9. The van der Waals surface area contributed by atoms with Gasteiger partial charge < -0.3 is 19.5 Å². The number of hydrogen-bond acceptors (Lipinski definition) is 4. The molecule has 2 aromatic rings. The van der Waals surface area contributed by atoms with Gasteiger partial charge in [-0.25, -0.2) is 0 Å². The lowest BCUT2D eigenvalue weighted by Gasteiger charge is -2.37. The molecule has 0 radical (unpaired) electrons. The van der Waals surface area contributed by atoms with Gasteiger partial charge >= 0.3 is 0 Å². The van der Waals surface area contributed by atoms with Crippen LogP contribution in [0.4, 0.5) is 0 Å². The minimum Gasteiger partial charge on any atom is -0.497 e. The number of benzene rings is 2. The van der Waals surface area contributed by atoms with E-state index in [4.69, 9.17) is 14.2 Å². The summed E-state index contributed by atoms with van der Waals surface area (Å²) in [5.41, 5.74) is 0.516. The van der Waals surface area contributed by atoms with Crippen molar-refractivity contribution in [3.63, 3.8) is 0 Å². The van der Waals surface area contributed by atoms with Gasteiger partial charge in [-0.3, -0.25) is 4.79 Å². The van der Waals surface area contributed by atoms with Crippen molar-refractivity contribution in [1.82, 2.24) is 5.32 Å². The van der Waals surface area contributed by atoms with E-state index in [1.54, 1.807) is 7.11 Å². The van der Waals surface area contributed by atoms with E-state index in [-0.39, 0.29) is 11.9 Å². The molecule has 0 spiro atoms. The predicted molar refractivity (Wildman–Crippen MR) is 104 cm³/mol. The fourth-order valence-corrected chi connectivity index (χ4v) is 3.42. The van der Waals surface area contributed by atoms with E-state index in [9.17, 15) is 4.79 Å². The van der Waals surface area contributed by atoms with Crippen LogP contribution in [-0.4, -0.2) is 38.9 Å². The van der Waals surface area contributed by atoms with Crippen molar-refractivity contribution >= 4 is 5.91 Å². The maximum absolute atomic E-state index is 13.2. The van der Waals surface area contributed by atoms with Crippen LogP contribution in [0, 0.1) is 0 Å². The van der Waals surface area contributed by atoms with Crippen LogP contribution in [-0.2, 0) is 14.9 Å². The second-order valence-corrected chi connectivity index (χ2v) is 6.92. The summed E-state index contributed by atoms with van der Waals surface area (Å²) >= 11 is 0. The molecule has 1 amide bonds. The summed E-state index contributed by atoms with van der Waals surface area (Å²) in [5.74, 6) is 1.58. The van der Waals surface area contributed by atoms with Gasteiger partial charge in [0.05, 0.1) is 18.6 Å². The highest BCUT2D eigenvalue weighted by molar-refractivity contribution is 5.88. The quantitative estimate of drug-likeness (QED) is 0.813. The molecule has 1 atom stereocenters. The lowest BCUT2D eigenvalue weighted by atomic mass is 9.73. The molecule has 1 heterocycles. The SMILES string of the molecule is COc1ccc(OC[C@@H](C)NC(=O)C2(c3ccccc3)CCOCC2)cc1. The Kier molecular flexibility index (Phi) is 6.35. The van der Waals surface area contributed by atoms with Crippen LogP contribution in [0.2, 0.25) is 0 Å². The highest BCUT2D eigenvalue weighted by atomic mass is 16.5. The highest BCUT2D eigenvalue weighted by Gasteiger charge is 2.41. The summed E-state index contributed by atoms with van der Waals surface area (Å²) < 4.78 is 16.5. The number of carbonyl (C=O) groups excluding carboxylic acids is 1. The lowest BCUT2D eigenvalue weighted by Crippen LogP contribution is -2.51. The summed E-state index contributed by atoms with van der Waals surface area (Å²) in [6.07, 6.45) is 1.38. The van der Waals surface area contributed by atoms with Crippen molar-refractivity contribution in [2.75, 3.05) is 26.9 Å². The summed E-state index contributed by atoms with van der Waals surface area (Å²) in [7, 11) is 1.63. The summed E-state index contributed by atoms with van der Waals surface area (Å²) in [4.78, 5) is 13.2. The maximum Gasteiger partial charge on any atom is 0.231 e. The van der Waals surface area contributed by atoms with Gasteiger partial charge in [0, 0.05) is 13.2 Å². The highest BCUT2D eigenvalue weighted by Crippen LogP contribution is 2.35. The van der Waals surface area contributed by atoms with E-state index in [0.29, 0.717) is 32.7 Å². The van der Waals surface area contributed by atoms with Gasteiger partial charge in [0.2, 0.25) is 5.91 Å². The van der Waals surface area contributed by atoms with E-state index < -0.39 is 5.41 Å². The van der Waals surface area contributed by atoms with Crippen molar-refractivity contribution in [3.05, 3.63) is 60.2 Å². The average molecular weight is 369 g/mol. The van der Waals surface area contributed by atoms with Crippen LogP contribution in [0.5, 0.6) is 11.5 Å². The first-order valence-corrected chi connectivity index (χ1v) is 9.35. The number of ether oxygens (including phenoxy) is 3. The first-order valence-electron chi connectivity index (χ1n) is 9.35. The maximum atomic E-state index is 13.2. The molecule has 5 nitrogen and oxygen atoms in total. The number of rotatable bonds is 7. The zero-order chi connectivity index (χ0) is 19.1. The molecule has 3 rings (SSSR count). The van der Waals surface area contributed by atoms with Crippen molar-refractivity contribution in [3.8, 4) is 11.5 Å². The standard InChI is InChI=1S/C22H27NO4/c1-17(16-27-20-10-8-19(25-2)9-11-20)23-21(24)22(12-14-26-15-13-22)18-6-4-3-5-7-18/h3-11,17H,12-16H2,1-2H3,(H,23,24)/t17-/m1/s1. The van der Waals surface area contributed by atoms with E-state index in [2.05, 4.69) is 5.32 Å². The third kappa shape index (κ3) is 4.61. The minimum absolute atomic E-state index is 0.0443. The first-order chi connectivity index (χ1) is 13.1. The molecule has 2 aromatic carbocycles. The number of hydrogen-bond donors (Lipinski definition) is 1. The van der Waals surface area contributed by atoms with E-state index in [1.807, 2.05) is 61.5 Å². The molecular formula is C22H27NO4. The average Bonchev–Trinajstić information content (AvgIpc) is 2.73. The molecule has 144 valence electrons. The Balaban J connectivity index is 1.62. The normalized spacial score (nSPS) is 17.0. The Morgan fingerprint density at radius 2 is 1.70 bits per heavy atom. The summed E-state index contributed by atoms with van der Waals surface area (Å²) in [6.45, 7) is 3.55. The van der Waals surface area contributed by atoms with Crippen LogP contribution in [0.3, 0.4) is 0 Å². The van der Waals surface area contributed by atoms with Gasteiger partial charge in [-0.15, -0.1) is 0 Å². The molecular weight excluding hydrogens is 342 g/mol. The van der Waals surface area contributed by atoms with Crippen LogP contribution in [0.1, 0.15) is 25.3 Å². The molecule has 1 fully saturated rings. The first kappa shape index (κ1) is 19.2. The minimum atomic E-state index is -0.534. The fraction of sp³-hybridized carbons (Fsp3) is 0.409. The Bertz CT molecular complexity index is 724. The Morgan fingerprint density at radius 3 is 2.33 bits per heavy atom. The van der Waals surface area contributed by atoms with Gasteiger partial charge in [0.25, 0.3) is 0 Å². The van der Waals surface area contributed by atoms with Gasteiger partial charge in [0.1, 0.15) is 18.1 Å². The van der Waals surface area contributed by atoms with Crippen molar-refractivity contribution in [2.45, 2.75) is 31.2 Å². The third-order valence-electron chi connectivity index (χ3n) is 5.04. The fourth-order valence-electron chi connectivity index (χ4n) is 3.42. The van der Waals surface area contributed by atoms with Crippen LogP contribution in [0.15, 0.2) is 54.6 Å². The third-order valence-corrected chi connectivity index (χ3v) is 5.04. The lowest BCUT2D eigenvalue weighted by molar-refractivity contribution is -0.131. The topological polar surface area (TPSA) is 56.8 Å². The molecule has 0 bridgehead atoms. The number of nitrogens with one attached hydrogen (secondary N) is 1. The molecule has 1 saturated heterocycles. The smallest absolute Gasteiger partial charge is 0.231 e. The van der Waals surface area contributed by atoms with Gasteiger partial charge in [-0.1, -0.05) is 30.3 Å². The molecule has 5 heteroatoms. The molecule has 1 aliphatic rings. The second-order valence-electron chi connectivity index (χ2n) is 6.92. The van der Waals surface area contributed by atoms with Crippen LogP contribution >= 0.6 is 0 Å². The Hall–Kier alpha value is -2.53. The van der Waals surface area contributed by atoms with E-state index >= 15 is 0 Å². The Morgan fingerprint density at radius 1 is 1.07 bits per heavy atom. The number of carbonyl (C=O) groups is 1. The molecule has 0 aromatic heterocycles. The van der Waals surface area contributed by atoms with Crippen molar-refractivity contribution in [1.29, 1.82) is 0 Å². The summed E-state index contributed by atoms with van der Waals surface area (Å²) in [5, 5.41) is 3.14. The second kappa shape index (κ2) is 8.91. The monoisotopic (exact) mass is 369 g/mol. The predicted octanol–water partition coefficient (Wildman–Crippen LogP) is 3.33. The number of methoxy groups -OCH3 is 1. The van der Waals surface area contributed by atoms with Gasteiger partial charge in [-0.05, 0) is 49.6 Å². The largest absolute Gasteiger partial charge is 0.497 e. The zero-order valence-corrected chi connectivity index (χ0v) is 15.9. The van der Waals surface area contributed by atoms with Crippen molar-refractivity contribution in [2.24, 2.45) is 0 Å². The molecule has 27 heavy (non-hydrogen) atoms. The molecule has 0 saturated carbocycles. The Labute approximate surface area is 160 Å². The van der Waals surface area contributed by atoms with E-state index in [1.165, 1.54) is 0 Å². The van der Waals surface area contributed by atoms with Crippen LogP contribution < -0.4 is 14.8 Å². The van der Waals surface area contributed by atoms with Crippen molar-refractivity contribution < 1.29 is 19.0 Å². The van der Waals surface area contributed by atoms with Gasteiger partial charge in [0.15, 0.2) is 0 Å². The molecule has 0 unspecified atom stereocenters. The number of amides is 1. The summed E-state index contributed by atoms with van der Waals surface area (Å²) in [6, 6.07) is 17.3. The molecule has 1 aliphatic heterocycles.